The van der Waals surface area contributed by atoms with Gasteiger partial charge in [0.05, 0.1) is 19.4 Å². The van der Waals surface area contributed by atoms with Gasteiger partial charge in [0.1, 0.15) is 5.76 Å². The highest BCUT2D eigenvalue weighted by Gasteiger charge is 2.04. The third-order valence-electron chi connectivity index (χ3n) is 3.09. The van der Waals surface area contributed by atoms with Gasteiger partial charge in [0.15, 0.2) is 0 Å². The van der Waals surface area contributed by atoms with Crippen molar-refractivity contribution in [3.63, 3.8) is 0 Å². The molecular weight excluding hydrogens is 280 g/mol. The summed E-state index contributed by atoms with van der Waals surface area (Å²) in [4.78, 5) is 11.9. The first kappa shape index (κ1) is 13.9. The van der Waals surface area contributed by atoms with Crippen LogP contribution in [0.15, 0.2) is 65.5 Å². The van der Waals surface area contributed by atoms with Crippen molar-refractivity contribution in [3.05, 3.63) is 72.4 Å². The molecule has 0 aliphatic rings. The van der Waals surface area contributed by atoms with Crippen LogP contribution in [0, 0.1) is 0 Å². The van der Waals surface area contributed by atoms with Crippen molar-refractivity contribution in [2.75, 3.05) is 5.32 Å². The lowest BCUT2D eigenvalue weighted by molar-refractivity contribution is 0.251. The molecule has 0 bridgehead atoms. The minimum atomic E-state index is -0.271. The fourth-order valence-corrected chi connectivity index (χ4v) is 2.08. The lowest BCUT2D eigenvalue weighted by Gasteiger charge is -2.08. The van der Waals surface area contributed by atoms with Gasteiger partial charge in [-0.2, -0.15) is 5.10 Å². The van der Waals surface area contributed by atoms with Crippen molar-refractivity contribution in [2.45, 2.75) is 13.1 Å². The zero-order chi connectivity index (χ0) is 15.2. The smallest absolute Gasteiger partial charge is 0.319 e. The van der Waals surface area contributed by atoms with Gasteiger partial charge in [-0.15, -0.1) is 0 Å². The molecule has 2 amide bonds. The lowest BCUT2D eigenvalue weighted by atomic mass is 10.2. The molecule has 22 heavy (non-hydrogen) atoms. The summed E-state index contributed by atoms with van der Waals surface area (Å²) in [5.41, 5.74) is 1.80. The van der Waals surface area contributed by atoms with E-state index in [0.29, 0.717) is 18.8 Å². The van der Waals surface area contributed by atoms with Crippen LogP contribution in [-0.4, -0.2) is 15.8 Å². The van der Waals surface area contributed by atoms with Crippen LogP contribution in [-0.2, 0) is 13.1 Å². The number of urea groups is 1. The molecule has 3 aromatic rings. The number of anilines is 1. The molecule has 2 heterocycles. The molecule has 0 fully saturated rings. The highest BCUT2D eigenvalue weighted by molar-refractivity contribution is 5.89. The SMILES string of the molecule is O=C(NCc1ccco1)Nc1cccc(Cn2cccn2)c1. The maximum atomic E-state index is 11.9. The van der Waals surface area contributed by atoms with E-state index < -0.39 is 0 Å². The number of furan rings is 1. The maximum absolute atomic E-state index is 11.9. The van der Waals surface area contributed by atoms with Crippen LogP contribution in [0.4, 0.5) is 10.5 Å². The molecule has 0 aliphatic carbocycles. The molecule has 0 atom stereocenters. The lowest BCUT2D eigenvalue weighted by Crippen LogP contribution is -2.28. The monoisotopic (exact) mass is 296 g/mol. The standard InChI is InChI=1S/C16H16N4O2/c21-16(17-11-15-6-2-9-22-15)19-14-5-1-4-13(10-14)12-20-8-3-7-18-20/h1-10H,11-12H2,(H2,17,19,21). The predicted octanol–water partition coefficient (Wildman–Crippen LogP) is 2.85. The van der Waals surface area contributed by atoms with Crippen molar-refractivity contribution in [2.24, 2.45) is 0 Å². The average molecular weight is 296 g/mol. The molecule has 1 aromatic carbocycles. The Hall–Kier alpha value is -3.02. The van der Waals surface area contributed by atoms with E-state index in [1.807, 2.05) is 47.3 Å². The van der Waals surface area contributed by atoms with Crippen molar-refractivity contribution in [1.82, 2.24) is 15.1 Å². The average Bonchev–Trinajstić information content (AvgIpc) is 3.19. The second-order valence-electron chi connectivity index (χ2n) is 4.79. The number of rotatable bonds is 5. The Morgan fingerprint density at radius 2 is 2.18 bits per heavy atom. The molecule has 6 nitrogen and oxygen atoms in total. The molecule has 3 rings (SSSR count). The molecule has 0 aliphatic heterocycles. The molecule has 0 saturated carbocycles. The minimum Gasteiger partial charge on any atom is -0.467 e. The first-order chi connectivity index (χ1) is 10.8. The van der Waals surface area contributed by atoms with Crippen molar-refractivity contribution >= 4 is 11.7 Å². The highest BCUT2D eigenvalue weighted by Crippen LogP contribution is 2.11. The number of carbonyl (C=O) groups is 1. The Bertz CT molecular complexity index is 720. The van der Waals surface area contributed by atoms with Gasteiger partial charge in [-0.25, -0.2) is 4.79 Å². The fraction of sp³-hybridized carbons (Fsp3) is 0.125. The summed E-state index contributed by atoms with van der Waals surface area (Å²) in [6.45, 7) is 1.02. The summed E-state index contributed by atoms with van der Waals surface area (Å²) in [5, 5.41) is 9.71. The summed E-state index contributed by atoms with van der Waals surface area (Å²) in [6, 6.07) is 12.9. The largest absolute Gasteiger partial charge is 0.467 e. The van der Waals surface area contributed by atoms with Crippen LogP contribution in [0.2, 0.25) is 0 Å². The Morgan fingerprint density at radius 1 is 1.23 bits per heavy atom. The van der Waals surface area contributed by atoms with Crippen LogP contribution in [0.3, 0.4) is 0 Å². The number of amides is 2. The van der Waals surface area contributed by atoms with Gasteiger partial charge in [-0.3, -0.25) is 4.68 Å². The summed E-state index contributed by atoms with van der Waals surface area (Å²) in [5.74, 6) is 0.711. The number of nitrogens with one attached hydrogen (secondary N) is 2. The molecule has 0 spiro atoms. The Balaban J connectivity index is 1.56. The van der Waals surface area contributed by atoms with Crippen molar-refractivity contribution in [3.8, 4) is 0 Å². The first-order valence-corrected chi connectivity index (χ1v) is 6.93. The van der Waals surface area contributed by atoms with Gasteiger partial charge in [-0.05, 0) is 35.9 Å². The second kappa shape index (κ2) is 6.62. The van der Waals surface area contributed by atoms with E-state index in [2.05, 4.69) is 15.7 Å². The third kappa shape index (κ3) is 3.76. The topological polar surface area (TPSA) is 72.1 Å². The normalized spacial score (nSPS) is 10.4. The Morgan fingerprint density at radius 3 is 2.95 bits per heavy atom. The van der Waals surface area contributed by atoms with Crippen LogP contribution < -0.4 is 10.6 Å². The van der Waals surface area contributed by atoms with Crippen LogP contribution in [0.25, 0.3) is 0 Å². The van der Waals surface area contributed by atoms with Gasteiger partial charge in [0.25, 0.3) is 0 Å². The van der Waals surface area contributed by atoms with E-state index in [9.17, 15) is 4.79 Å². The number of nitrogens with zero attached hydrogens (tertiary/aromatic N) is 2. The molecular formula is C16H16N4O2. The molecule has 0 radical (unpaired) electrons. The highest BCUT2D eigenvalue weighted by atomic mass is 16.3. The molecule has 2 N–H and O–H groups in total. The van der Waals surface area contributed by atoms with E-state index in [1.165, 1.54) is 0 Å². The van der Waals surface area contributed by atoms with Gasteiger partial charge in [-0.1, -0.05) is 12.1 Å². The van der Waals surface area contributed by atoms with Gasteiger partial charge in [0, 0.05) is 18.1 Å². The fourth-order valence-electron chi connectivity index (χ4n) is 2.08. The number of hydrogen-bond acceptors (Lipinski definition) is 3. The zero-order valence-corrected chi connectivity index (χ0v) is 11.9. The number of benzene rings is 1. The Kier molecular flexibility index (Phi) is 4.20. The number of hydrogen-bond donors (Lipinski definition) is 2. The zero-order valence-electron chi connectivity index (χ0n) is 11.9. The molecule has 0 saturated heterocycles. The van der Waals surface area contributed by atoms with Gasteiger partial charge >= 0.3 is 6.03 Å². The van der Waals surface area contributed by atoms with Gasteiger partial charge in [0.2, 0.25) is 0 Å². The van der Waals surface area contributed by atoms with Crippen molar-refractivity contribution < 1.29 is 9.21 Å². The van der Waals surface area contributed by atoms with E-state index in [1.54, 1.807) is 18.5 Å². The quantitative estimate of drug-likeness (QED) is 0.760. The predicted molar refractivity (Wildman–Crippen MR) is 82.3 cm³/mol. The Labute approximate surface area is 127 Å². The molecule has 6 heteroatoms. The van der Waals surface area contributed by atoms with Crippen LogP contribution >= 0.6 is 0 Å². The summed E-state index contributed by atoms with van der Waals surface area (Å²) in [6.07, 6.45) is 5.22. The van der Waals surface area contributed by atoms with Gasteiger partial charge < -0.3 is 15.1 Å². The minimum absolute atomic E-state index is 0.271. The number of carbonyl (C=O) groups excluding carboxylic acids is 1. The molecule has 2 aromatic heterocycles. The first-order valence-electron chi connectivity index (χ1n) is 6.93. The van der Waals surface area contributed by atoms with E-state index in [-0.39, 0.29) is 6.03 Å². The second-order valence-corrected chi connectivity index (χ2v) is 4.79. The summed E-state index contributed by atoms with van der Waals surface area (Å²) < 4.78 is 6.99. The molecule has 0 unspecified atom stereocenters. The maximum Gasteiger partial charge on any atom is 0.319 e. The van der Waals surface area contributed by atoms with E-state index in [0.717, 1.165) is 11.3 Å². The molecule has 112 valence electrons. The summed E-state index contributed by atoms with van der Waals surface area (Å²) >= 11 is 0. The number of aromatic nitrogens is 2. The van der Waals surface area contributed by atoms with E-state index >= 15 is 0 Å². The van der Waals surface area contributed by atoms with E-state index in [4.69, 9.17) is 4.42 Å². The van der Waals surface area contributed by atoms with Crippen LogP contribution in [0.5, 0.6) is 0 Å². The summed E-state index contributed by atoms with van der Waals surface area (Å²) in [7, 11) is 0. The van der Waals surface area contributed by atoms with Crippen molar-refractivity contribution in [1.29, 1.82) is 0 Å². The third-order valence-corrected chi connectivity index (χ3v) is 3.09. The van der Waals surface area contributed by atoms with Crippen LogP contribution in [0.1, 0.15) is 11.3 Å².